The first-order valence-corrected chi connectivity index (χ1v) is 7.60. The number of hydrogen-bond donors (Lipinski definition) is 1. The van der Waals surface area contributed by atoms with Gasteiger partial charge in [0.1, 0.15) is 16.3 Å². The third-order valence-electron chi connectivity index (χ3n) is 3.32. The summed E-state index contributed by atoms with van der Waals surface area (Å²) in [6.45, 7) is 4.12. The quantitative estimate of drug-likeness (QED) is 0.741. The second-order valence-corrected chi connectivity index (χ2v) is 5.93. The molecule has 1 N–H and O–H groups in total. The second kappa shape index (κ2) is 5.03. The van der Waals surface area contributed by atoms with Crippen LogP contribution in [0.5, 0.6) is 5.75 Å². The topological polar surface area (TPSA) is 42.8 Å². The van der Waals surface area contributed by atoms with E-state index in [1.54, 1.807) is 18.4 Å². The Morgan fingerprint density at radius 1 is 1.45 bits per heavy atom. The second-order valence-electron chi connectivity index (χ2n) is 4.66. The molecule has 0 aliphatic rings. The van der Waals surface area contributed by atoms with Crippen LogP contribution in [0.2, 0.25) is 0 Å². The summed E-state index contributed by atoms with van der Waals surface area (Å²) in [7, 11) is 1.66. The summed E-state index contributed by atoms with van der Waals surface area (Å²) in [6.07, 6.45) is 0. The van der Waals surface area contributed by atoms with Gasteiger partial charge in [-0.1, -0.05) is 6.07 Å². The molecule has 1 unspecified atom stereocenters. The summed E-state index contributed by atoms with van der Waals surface area (Å²) in [4.78, 5) is 7.80. The van der Waals surface area contributed by atoms with Crippen LogP contribution >= 0.6 is 23.6 Å². The zero-order valence-corrected chi connectivity index (χ0v) is 13.1. The molecule has 6 heteroatoms. The van der Waals surface area contributed by atoms with Crippen molar-refractivity contribution in [2.75, 3.05) is 7.11 Å². The van der Waals surface area contributed by atoms with E-state index in [-0.39, 0.29) is 6.04 Å². The molecule has 1 aromatic carbocycles. The summed E-state index contributed by atoms with van der Waals surface area (Å²) in [6, 6.07) is 6.04. The third-order valence-corrected chi connectivity index (χ3v) is 4.75. The van der Waals surface area contributed by atoms with Gasteiger partial charge in [-0.3, -0.25) is 0 Å². The van der Waals surface area contributed by atoms with E-state index in [1.807, 2.05) is 25.1 Å². The Labute approximate surface area is 126 Å². The van der Waals surface area contributed by atoms with Crippen molar-refractivity contribution >= 4 is 34.6 Å². The number of ether oxygens (including phenoxy) is 1. The number of fused-ring (bicyclic) bond motifs is 1. The van der Waals surface area contributed by atoms with Gasteiger partial charge in [-0.05, 0) is 38.2 Å². The minimum atomic E-state index is 0.0991. The van der Waals surface area contributed by atoms with E-state index < -0.39 is 0 Å². The van der Waals surface area contributed by atoms with Gasteiger partial charge in [0.25, 0.3) is 0 Å². The first-order chi connectivity index (χ1) is 9.61. The van der Waals surface area contributed by atoms with Gasteiger partial charge in [0.2, 0.25) is 0 Å². The molecule has 20 heavy (non-hydrogen) atoms. The first-order valence-electron chi connectivity index (χ1n) is 6.31. The number of methoxy groups -OCH3 is 1. The summed E-state index contributed by atoms with van der Waals surface area (Å²) < 4.78 is 8.16. The highest BCUT2D eigenvalue weighted by Gasteiger charge is 2.17. The average molecular weight is 305 g/mol. The van der Waals surface area contributed by atoms with Gasteiger partial charge in [0.05, 0.1) is 18.7 Å². The molecule has 2 heterocycles. The number of nitrogens with one attached hydrogen (secondary N) is 1. The van der Waals surface area contributed by atoms with Crippen molar-refractivity contribution < 1.29 is 4.74 Å². The lowest BCUT2D eigenvalue weighted by Crippen LogP contribution is -2.06. The number of nitrogens with zero attached hydrogens (tertiary/aromatic N) is 2. The van der Waals surface area contributed by atoms with Gasteiger partial charge in [0, 0.05) is 11.1 Å². The molecule has 1 atom stereocenters. The van der Waals surface area contributed by atoms with Crippen LogP contribution in [0.4, 0.5) is 0 Å². The van der Waals surface area contributed by atoms with Gasteiger partial charge >= 0.3 is 0 Å². The number of para-hydroxylation sites is 1. The molecular formula is C14H15N3OS2. The maximum atomic E-state index is 5.47. The molecule has 0 aliphatic heterocycles. The van der Waals surface area contributed by atoms with Crippen molar-refractivity contribution in [2.45, 2.75) is 19.9 Å². The zero-order chi connectivity index (χ0) is 14.3. The van der Waals surface area contributed by atoms with E-state index in [1.165, 1.54) is 0 Å². The molecular weight excluding hydrogens is 290 g/mol. The SMILES string of the molecule is COc1cccc2c1[nH]c(=S)n2C(C)c1nc(C)cs1. The number of benzene rings is 1. The molecule has 0 bridgehead atoms. The fourth-order valence-corrected chi connectivity index (χ4v) is 3.55. The Balaban J connectivity index is 2.21. The van der Waals surface area contributed by atoms with E-state index in [4.69, 9.17) is 17.0 Å². The van der Waals surface area contributed by atoms with Crippen molar-refractivity contribution in [1.82, 2.24) is 14.5 Å². The van der Waals surface area contributed by atoms with Crippen LogP contribution in [-0.2, 0) is 0 Å². The number of imidazole rings is 1. The molecule has 0 saturated carbocycles. The molecule has 2 aromatic heterocycles. The number of rotatable bonds is 3. The van der Waals surface area contributed by atoms with Gasteiger partial charge < -0.3 is 14.3 Å². The van der Waals surface area contributed by atoms with Crippen molar-refractivity contribution in [3.05, 3.63) is 39.1 Å². The van der Waals surface area contributed by atoms with Gasteiger partial charge in [-0.25, -0.2) is 4.98 Å². The van der Waals surface area contributed by atoms with Crippen LogP contribution in [0.1, 0.15) is 23.7 Å². The minimum Gasteiger partial charge on any atom is -0.494 e. The van der Waals surface area contributed by atoms with E-state index in [0.717, 1.165) is 27.5 Å². The molecule has 0 amide bonds. The average Bonchev–Trinajstić information content (AvgIpc) is 3.00. The molecule has 0 spiro atoms. The Hall–Kier alpha value is -1.66. The van der Waals surface area contributed by atoms with Crippen LogP contribution in [-0.4, -0.2) is 21.6 Å². The van der Waals surface area contributed by atoms with Crippen LogP contribution in [0.15, 0.2) is 23.6 Å². The molecule has 0 saturated heterocycles. The monoisotopic (exact) mass is 305 g/mol. The van der Waals surface area contributed by atoms with Crippen molar-refractivity contribution in [3.63, 3.8) is 0 Å². The number of aryl methyl sites for hydroxylation is 1. The van der Waals surface area contributed by atoms with Crippen molar-refractivity contribution in [1.29, 1.82) is 0 Å². The smallest absolute Gasteiger partial charge is 0.178 e. The van der Waals surface area contributed by atoms with Crippen LogP contribution in [0.3, 0.4) is 0 Å². The highest BCUT2D eigenvalue weighted by Crippen LogP contribution is 2.30. The lowest BCUT2D eigenvalue weighted by Gasteiger charge is -2.12. The third kappa shape index (κ3) is 2.05. The Bertz CT molecular complexity index is 815. The van der Waals surface area contributed by atoms with Crippen molar-refractivity contribution in [2.24, 2.45) is 0 Å². The zero-order valence-electron chi connectivity index (χ0n) is 11.5. The molecule has 0 radical (unpaired) electrons. The van der Waals surface area contributed by atoms with E-state index in [0.29, 0.717) is 4.77 Å². The van der Waals surface area contributed by atoms with Gasteiger partial charge in [-0.2, -0.15) is 0 Å². The fraction of sp³-hybridized carbons (Fsp3) is 0.286. The van der Waals surface area contributed by atoms with Crippen LogP contribution in [0, 0.1) is 11.7 Å². The molecule has 0 aliphatic carbocycles. The summed E-state index contributed by atoms with van der Waals surface area (Å²) in [5, 5.41) is 3.12. The highest BCUT2D eigenvalue weighted by atomic mass is 32.1. The number of aromatic nitrogens is 3. The summed E-state index contributed by atoms with van der Waals surface area (Å²) in [5.74, 6) is 0.801. The van der Waals surface area contributed by atoms with Crippen molar-refractivity contribution in [3.8, 4) is 5.75 Å². The number of H-pyrrole nitrogens is 1. The highest BCUT2D eigenvalue weighted by molar-refractivity contribution is 7.71. The minimum absolute atomic E-state index is 0.0991. The standard InChI is InChI=1S/C14H15N3OS2/c1-8-7-20-13(15-8)9(2)17-10-5-4-6-11(18-3)12(10)16-14(17)19/h4-7,9H,1-3H3,(H,16,19). The summed E-state index contributed by atoms with van der Waals surface area (Å²) in [5.41, 5.74) is 3.01. The van der Waals surface area contributed by atoms with Crippen LogP contribution < -0.4 is 4.74 Å². The number of thiazole rings is 1. The van der Waals surface area contributed by atoms with E-state index >= 15 is 0 Å². The van der Waals surface area contributed by atoms with E-state index in [9.17, 15) is 0 Å². The maximum Gasteiger partial charge on any atom is 0.178 e. The molecule has 104 valence electrons. The van der Waals surface area contributed by atoms with E-state index in [2.05, 4.69) is 26.8 Å². The molecule has 0 fully saturated rings. The Morgan fingerprint density at radius 2 is 2.25 bits per heavy atom. The lowest BCUT2D eigenvalue weighted by atomic mass is 10.2. The normalized spacial score (nSPS) is 12.8. The molecule has 3 aromatic rings. The molecule has 4 nitrogen and oxygen atoms in total. The maximum absolute atomic E-state index is 5.47. The van der Waals surface area contributed by atoms with Gasteiger partial charge in [0.15, 0.2) is 4.77 Å². The lowest BCUT2D eigenvalue weighted by molar-refractivity contribution is 0.419. The molecule has 3 rings (SSSR count). The van der Waals surface area contributed by atoms with Crippen LogP contribution in [0.25, 0.3) is 11.0 Å². The largest absolute Gasteiger partial charge is 0.494 e. The Morgan fingerprint density at radius 3 is 2.90 bits per heavy atom. The fourth-order valence-electron chi connectivity index (χ4n) is 2.35. The predicted molar refractivity (Wildman–Crippen MR) is 84.3 cm³/mol. The first kappa shape index (κ1) is 13.3. The number of hydrogen-bond acceptors (Lipinski definition) is 4. The number of aromatic amines is 1. The Kier molecular flexibility index (Phi) is 3.35. The predicted octanol–water partition coefficient (Wildman–Crippen LogP) is 4.08. The van der Waals surface area contributed by atoms with Gasteiger partial charge in [-0.15, -0.1) is 11.3 Å². The summed E-state index contributed by atoms with van der Waals surface area (Å²) >= 11 is 7.13.